The van der Waals surface area contributed by atoms with E-state index in [1.807, 2.05) is 24.3 Å². The maximum absolute atomic E-state index is 12.0. The Balaban J connectivity index is 2.04. The van der Waals surface area contributed by atoms with E-state index < -0.39 is 0 Å². The van der Waals surface area contributed by atoms with Crippen LogP contribution in [-0.2, 0) is 13.2 Å². The summed E-state index contributed by atoms with van der Waals surface area (Å²) in [6.45, 7) is 0.346. The molecule has 104 valence electrons. The number of nitrogens with one attached hydrogen (secondary N) is 1. The summed E-state index contributed by atoms with van der Waals surface area (Å²) in [5.74, 6) is -0.260. The number of hydrogen-bond donors (Lipinski definition) is 3. The van der Waals surface area contributed by atoms with Gasteiger partial charge in [-0.15, -0.1) is 0 Å². The zero-order chi connectivity index (χ0) is 14.5. The summed E-state index contributed by atoms with van der Waals surface area (Å²) in [4.78, 5) is 12.0. The Morgan fingerprint density at radius 1 is 1.20 bits per heavy atom. The normalized spacial score (nSPS) is 10.3. The second-order valence-corrected chi connectivity index (χ2v) is 4.81. The third-order valence-electron chi connectivity index (χ3n) is 2.86. The summed E-state index contributed by atoms with van der Waals surface area (Å²) in [7, 11) is 0. The highest BCUT2D eigenvalue weighted by Gasteiger charge is 2.10. The van der Waals surface area contributed by atoms with Crippen molar-refractivity contribution in [1.29, 1.82) is 0 Å². The van der Waals surface area contributed by atoms with E-state index in [0.717, 1.165) is 11.1 Å². The van der Waals surface area contributed by atoms with Gasteiger partial charge in [-0.3, -0.25) is 4.79 Å². The van der Waals surface area contributed by atoms with Crippen molar-refractivity contribution in [2.24, 2.45) is 0 Å². The molecule has 0 aliphatic heterocycles. The Morgan fingerprint density at radius 3 is 2.65 bits per heavy atom. The molecule has 0 saturated carbocycles. The van der Waals surface area contributed by atoms with Gasteiger partial charge in [0.2, 0.25) is 0 Å². The Labute approximate surface area is 122 Å². The number of carbonyl (C=O) groups excluding carboxylic acids is 1. The molecule has 0 spiro atoms. The van der Waals surface area contributed by atoms with Gasteiger partial charge in [-0.2, -0.15) is 0 Å². The minimum atomic E-state index is -0.260. The summed E-state index contributed by atoms with van der Waals surface area (Å²) in [6.07, 6.45) is 0. The van der Waals surface area contributed by atoms with E-state index in [4.69, 9.17) is 22.4 Å². The van der Waals surface area contributed by atoms with Crippen LogP contribution >= 0.6 is 11.6 Å². The van der Waals surface area contributed by atoms with Gasteiger partial charge in [0.05, 0.1) is 17.2 Å². The molecule has 0 aromatic heterocycles. The SMILES string of the molecule is Nc1ccc(C(=O)NCc2cccc(CO)c2)c(Cl)c1. The number of benzene rings is 2. The molecule has 2 aromatic rings. The molecule has 4 N–H and O–H groups in total. The van der Waals surface area contributed by atoms with Gasteiger partial charge in [0, 0.05) is 12.2 Å². The second kappa shape index (κ2) is 6.41. The van der Waals surface area contributed by atoms with E-state index in [0.29, 0.717) is 22.8 Å². The summed E-state index contributed by atoms with van der Waals surface area (Å²) in [6, 6.07) is 12.1. The van der Waals surface area contributed by atoms with Crippen LogP contribution < -0.4 is 11.1 Å². The van der Waals surface area contributed by atoms with E-state index in [-0.39, 0.29) is 12.5 Å². The summed E-state index contributed by atoms with van der Waals surface area (Å²) < 4.78 is 0. The van der Waals surface area contributed by atoms with Crippen LogP contribution in [0.3, 0.4) is 0 Å². The molecule has 0 aliphatic rings. The quantitative estimate of drug-likeness (QED) is 0.757. The lowest BCUT2D eigenvalue weighted by atomic mass is 10.1. The van der Waals surface area contributed by atoms with E-state index >= 15 is 0 Å². The molecule has 0 saturated heterocycles. The molecular formula is C15H15ClN2O2. The first kappa shape index (κ1) is 14.4. The van der Waals surface area contributed by atoms with Crippen LogP contribution in [0.15, 0.2) is 42.5 Å². The van der Waals surface area contributed by atoms with Crippen molar-refractivity contribution in [3.05, 3.63) is 64.2 Å². The monoisotopic (exact) mass is 290 g/mol. The molecule has 1 amide bonds. The maximum Gasteiger partial charge on any atom is 0.253 e. The van der Waals surface area contributed by atoms with Gasteiger partial charge in [-0.1, -0.05) is 35.9 Å². The Hall–Kier alpha value is -2.04. The maximum atomic E-state index is 12.0. The molecule has 0 unspecified atom stereocenters. The average Bonchev–Trinajstić information content (AvgIpc) is 2.45. The molecule has 4 nitrogen and oxygen atoms in total. The molecular weight excluding hydrogens is 276 g/mol. The number of amides is 1. The number of rotatable bonds is 4. The standard InChI is InChI=1S/C15H15ClN2O2/c16-14-7-12(17)4-5-13(14)15(20)18-8-10-2-1-3-11(6-10)9-19/h1-7,19H,8-9,17H2,(H,18,20). The predicted octanol–water partition coefficient (Wildman–Crippen LogP) is 2.34. The third-order valence-corrected chi connectivity index (χ3v) is 3.18. The predicted molar refractivity (Wildman–Crippen MR) is 79.4 cm³/mol. The summed E-state index contributed by atoms with van der Waals surface area (Å²) >= 11 is 5.98. The van der Waals surface area contributed by atoms with Crippen LogP contribution in [0.5, 0.6) is 0 Å². The van der Waals surface area contributed by atoms with Crippen LogP contribution in [0.1, 0.15) is 21.5 Å². The molecule has 0 radical (unpaired) electrons. The molecule has 2 rings (SSSR count). The highest BCUT2D eigenvalue weighted by molar-refractivity contribution is 6.34. The molecule has 5 heteroatoms. The van der Waals surface area contributed by atoms with Gasteiger partial charge in [-0.05, 0) is 29.3 Å². The molecule has 0 fully saturated rings. The van der Waals surface area contributed by atoms with Crippen LogP contribution in [0, 0.1) is 0 Å². The van der Waals surface area contributed by atoms with E-state index in [2.05, 4.69) is 5.32 Å². The smallest absolute Gasteiger partial charge is 0.253 e. The first-order valence-electron chi connectivity index (χ1n) is 6.12. The third kappa shape index (κ3) is 3.50. The molecule has 0 heterocycles. The number of nitrogens with two attached hydrogens (primary N) is 1. The fourth-order valence-corrected chi connectivity index (χ4v) is 2.11. The Morgan fingerprint density at radius 2 is 1.95 bits per heavy atom. The first-order valence-corrected chi connectivity index (χ1v) is 6.50. The van der Waals surface area contributed by atoms with Crippen LogP contribution in [0.25, 0.3) is 0 Å². The molecule has 2 aromatic carbocycles. The minimum Gasteiger partial charge on any atom is -0.399 e. The van der Waals surface area contributed by atoms with Gasteiger partial charge >= 0.3 is 0 Å². The van der Waals surface area contributed by atoms with Crippen molar-refractivity contribution in [3.63, 3.8) is 0 Å². The van der Waals surface area contributed by atoms with E-state index in [1.54, 1.807) is 18.2 Å². The number of hydrogen-bond acceptors (Lipinski definition) is 3. The molecule has 0 bridgehead atoms. The minimum absolute atomic E-state index is 0.0222. The highest BCUT2D eigenvalue weighted by Crippen LogP contribution is 2.19. The first-order chi connectivity index (χ1) is 9.60. The van der Waals surface area contributed by atoms with E-state index in [9.17, 15) is 4.79 Å². The lowest BCUT2D eigenvalue weighted by Gasteiger charge is -2.08. The summed E-state index contributed by atoms with van der Waals surface area (Å²) in [5.41, 5.74) is 8.21. The number of halogens is 1. The lowest BCUT2D eigenvalue weighted by molar-refractivity contribution is 0.0951. The Bertz CT molecular complexity index is 629. The lowest BCUT2D eigenvalue weighted by Crippen LogP contribution is -2.23. The van der Waals surface area contributed by atoms with Gasteiger partial charge < -0.3 is 16.2 Å². The van der Waals surface area contributed by atoms with Crippen molar-refractivity contribution in [3.8, 4) is 0 Å². The highest BCUT2D eigenvalue weighted by atomic mass is 35.5. The molecule has 20 heavy (non-hydrogen) atoms. The van der Waals surface area contributed by atoms with Crippen LogP contribution in [0.2, 0.25) is 5.02 Å². The van der Waals surface area contributed by atoms with E-state index in [1.165, 1.54) is 0 Å². The van der Waals surface area contributed by atoms with Gasteiger partial charge in [0.15, 0.2) is 0 Å². The van der Waals surface area contributed by atoms with Crippen molar-refractivity contribution in [1.82, 2.24) is 5.32 Å². The number of aliphatic hydroxyl groups is 1. The van der Waals surface area contributed by atoms with Gasteiger partial charge in [-0.25, -0.2) is 0 Å². The van der Waals surface area contributed by atoms with Crippen molar-refractivity contribution < 1.29 is 9.90 Å². The summed E-state index contributed by atoms with van der Waals surface area (Å²) in [5, 5.41) is 12.2. The number of carbonyl (C=O) groups is 1. The topological polar surface area (TPSA) is 75.4 Å². The molecule has 0 aliphatic carbocycles. The number of aliphatic hydroxyl groups excluding tert-OH is 1. The van der Waals surface area contributed by atoms with Crippen molar-refractivity contribution in [2.45, 2.75) is 13.2 Å². The fraction of sp³-hybridized carbons (Fsp3) is 0.133. The zero-order valence-corrected chi connectivity index (χ0v) is 11.5. The zero-order valence-electron chi connectivity index (χ0n) is 10.8. The van der Waals surface area contributed by atoms with Gasteiger partial charge in [0.25, 0.3) is 5.91 Å². The van der Waals surface area contributed by atoms with Crippen LogP contribution in [0.4, 0.5) is 5.69 Å². The Kier molecular flexibility index (Phi) is 4.61. The second-order valence-electron chi connectivity index (χ2n) is 4.40. The molecule has 0 atom stereocenters. The fourth-order valence-electron chi connectivity index (χ4n) is 1.83. The number of nitrogen functional groups attached to an aromatic ring is 1. The van der Waals surface area contributed by atoms with Gasteiger partial charge in [0.1, 0.15) is 0 Å². The average molecular weight is 291 g/mol. The largest absolute Gasteiger partial charge is 0.399 e. The van der Waals surface area contributed by atoms with Crippen molar-refractivity contribution in [2.75, 3.05) is 5.73 Å². The van der Waals surface area contributed by atoms with Crippen LogP contribution in [-0.4, -0.2) is 11.0 Å². The van der Waals surface area contributed by atoms with Crippen molar-refractivity contribution >= 4 is 23.2 Å². The number of anilines is 1.